The van der Waals surface area contributed by atoms with Crippen molar-refractivity contribution in [1.29, 1.82) is 0 Å². The molecule has 1 aromatic heterocycles. The van der Waals surface area contributed by atoms with Crippen molar-refractivity contribution >= 4 is 5.78 Å². The summed E-state index contributed by atoms with van der Waals surface area (Å²) in [6.45, 7) is 0. The maximum atomic E-state index is 13.2. The lowest BCUT2D eigenvalue weighted by Gasteiger charge is -2.36. The van der Waals surface area contributed by atoms with Crippen LogP contribution in [0.15, 0.2) is 18.5 Å². The highest BCUT2D eigenvalue weighted by Gasteiger charge is 2.41. The number of ketones is 1. The molecule has 0 atom stereocenters. The minimum atomic E-state index is -0.831. The minimum absolute atomic E-state index is 0.0576. The predicted molar refractivity (Wildman–Crippen MR) is 49.3 cm³/mol. The zero-order chi connectivity index (χ0) is 10.2. The van der Waals surface area contributed by atoms with Gasteiger partial charge in [-0.2, -0.15) is 0 Å². The Morgan fingerprint density at radius 1 is 1.57 bits per heavy atom. The average molecular weight is 194 g/mol. The monoisotopic (exact) mass is 194 g/mol. The van der Waals surface area contributed by atoms with Crippen LogP contribution in [0.5, 0.6) is 0 Å². The molecule has 3 nitrogen and oxygen atoms in total. The molecule has 0 aromatic carbocycles. The van der Waals surface area contributed by atoms with Crippen molar-refractivity contribution in [3.8, 4) is 0 Å². The van der Waals surface area contributed by atoms with Gasteiger partial charge >= 0.3 is 0 Å². The quantitative estimate of drug-likeness (QED) is 0.721. The van der Waals surface area contributed by atoms with Crippen molar-refractivity contribution in [2.24, 2.45) is 5.73 Å². The molecule has 1 saturated carbocycles. The predicted octanol–water partition coefficient (Wildman–Crippen LogP) is 1.28. The number of nitrogens with zero attached hydrogens (tertiary/aromatic N) is 1. The van der Waals surface area contributed by atoms with E-state index in [1.807, 2.05) is 0 Å². The zero-order valence-corrected chi connectivity index (χ0v) is 7.66. The molecule has 1 aliphatic rings. The van der Waals surface area contributed by atoms with E-state index in [1.165, 1.54) is 12.3 Å². The third kappa shape index (κ3) is 1.32. The van der Waals surface area contributed by atoms with E-state index in [0.29, 0.717) is 12.8 Å². The van der Waals surface area contributed by atoms with E-state index < -0.39 is 11.4 Å². The van der Waals surface area contributed by atoms with E-state index in [2.05, 4.69) is 4.98 Å². The lowest BCUT2D eigenvalue weighted by molar-refractivity contribution is 0.0796. The second kappa shape index (κ2) is 3.13. The first kappa shape index (κ1) is 9.27. The van der Waals surface area contributed by atoms with Crippen molar-refractivity contribution in [2.45, 2.75) is 24.8 Å². The first-order valence-corrected chi connectivity index (χ1v) is 4.57. The molecule has 2 N–H and O–H groups in total. The Kier molecular flexibility index (Phi) is 2.07. The molecule has 1 aliphatic carbocycles. The van der Waals surface area contributed by atoms with Crippen LogP contribution in [0, 0.1) is 5.82 Å². The van der Waals surface area contributed by atoms with Crippen molar-refractivity contribution in [2.75, 3.05) is 0 Å². The molecule has 0 spiro atoms. The summed E-state index contributed by atoms with van der Waals surface area (Å²) in [4.78, 5) is 15.4. The fourth-order valence-electron chi connectivity index (χ4n) is 1.61. The van der Waals surface area contributed by atoms with Gasteiger partial charge in [0.05, 0.1) is 17.3 Å². The minimum Gasteiger partial charge on any atom is -0.319 e. The summed E-state index contributed by atoms with van der Waals surface area (Å²) >= 11 is 0. The molecular formula is C10H11FN2O. The third-order valence-electron chi connectivity index (χ3n) is 2.72. The number of nitrogens with two attached hydrogens (primary N) is 1. The number of aromatic nitrogens is 1. The van der Waals surface area contributed by atoms with E-state index in [-0.39, 0.29) is 11.3 Å². The number of hydrogen-bond donors (Lipinski definition) is 1. The summed E-state index contributed by atoms with van der Waals surface area (Å²) < 4.78 is 13.2. The summed E-state index contributed by atoms with van der Waals surface area (Å²) in [5.74, 6) is -0.891. The van der Waals surface area contributed by atoms with Gasteiger partial charge in [0.1, 0.15) is 0 Å². The third-order valence-corrected chi connectivity index (χ3v) is 2.72. The van der Waals surface area contributed by atoms with Gasteiger partial charge in [-0.25, -0.2) is 4.39 Å². The highest BCUT2D eigenvalue weighted by molar-refractivity contribution is 6.03. The van der Waals surface area contributed by atoms with Crippen LogP contribution in [0.1, 0.15) is 29.6 Å². The van der Waals surface area contributed by atoms with Gasteiger partial charge in [0.2, 0.25) is 0 Å². The standard InChI is InChI=1S/C10H11FN2O/c11-8-6-13-5-2-7(8)9(14)10(12)3-1-4-10/h2,5-6H,1,3-4,12H2. The molecule has 1 fully saturated rings. The van der Waals surface area contributed by atoms with Gasteiger partial charge in [-0.15, -0.1) is 0 Å². The number of rotatable bonds is 2. The number of hydrogen-bond acceptors (Lipinski definition) is 3. The molecule has 0 unspecified atom stereocenters. The Morgan fingerprint density at radius 3 is 2.79 bits per heavy atom. The van der Waals surface area contributed by atoms with E-state index in [4.69, 9.17) is 5.73 Å². The van der Waals surface area contributed by atoms with Crippen molar-refractivity contribution in [3.05, 3.63) is 29.8 Å². The lowest BCUT2D eigenvalue weighted by Crippen LogP contribution is -2.53. The number of carbonyl (C=O) groups is 1. The Morgan fingerprint density at radius 2 is 2.29 bits per heavy atom. The first-order valence-electron chi connectivity index (χ1n) is 4.57. The number of halogens is 1. The van der Waals surface area contributed by atoms with E-state index in [1.54, 1.807) is 0 Å². The Labute approximate surface area is 81.1 Å². The summed E-state index contributed by atoms with van der Waals surface area (Å²) in [7, 11) is 0. The van der Waals surface area contributed by atoms with E-state index in [0.717, 1.165) is 12.6 Å². The van der Waals surface area contributed by atoms with Crippen LogP contribution in [0.25, 0.3) is 0 Å². The van der Waals surface area contributed by atoms with Crippen molar-refractivity contribution in [1.82, 2.24) is 4.98 Å². The van der Waals surface area contributed by atoms with Crippen LogP contribution in [0.3, 0.4) is 0 Å². The molecule has 0 saturated heterocycles. The maximum Gasteiger partial charge on any atom is 0.185 e. The summed E-state index contributed by atoms with van der Waals surface area (Å²) in [5.41, 5.74) is 5.04. The molecule has 14 heavy (non-hydrogen) atoms. The number of pyridine rings is 1. The molecule has 2 rings (SSSR count). The molecule has 4 heteroatoms. The number of Topliss-reactive ketones (excluding diaryl/α,β-unsaturated/α-hetero) is 1. The summed E-state index contributed by atoms with van der Waals surface area (Å²) in [5, 5.41) is 0. The Bertz CT molecular complexity index is 374. The highest BCUT2D eigenvalue weighted by atomic mass is 19.1. The molecule has 0 bridgehead atoms. The Balaban J connectivity index is 2.32. The van der Waals surface area contributed by atoms with Gasteiger partial charge in [0, 0.05) is 6.20 Å². The number of carbonyl (C=O) groups excluding carboxylic acids is 1. The van der Waals surface area contributed by atoms with Gasteiger partial charge < -0.3 is 5.73 Å². The summed E-state index contributed by atoms with van der Waals surface area (Å²) in [6, 6.07) is 1.38. The molecule has 0 amide bonds. The fourth-order valence-corrected chi connectivity index (χ4v) is 1.61. The van der Waals surface area contributed by atoms with Crippen LogP contribution in [-0.4, -0.2) is 16.3 Å². The lowest BCUT2D eigenvalue weighted by atomic mass is 9.73. The first-order chi connectivity index (χ1) is 6.63. The van der Waals surface area contributed by atoms with Crippen LogP contribution in [-0.2, 0) is 0 Å². The molecule has 0 aliphatic heterocycles. The van der Waals surface area contributed by atoms with Crippen LogP contribution < -0.4 is 5.73 Å². The van der Waals surface area contributed by atoms with Crippen molar-refractivity contribution < 1.29 is 9.18 Å². The highest BCUT2D eigenvalue weighted by Crippen LogP contribution is 2.32. The average Bonchev–Trinajstić information content (AvgIpc) is 2.14. The zero-order valence-electron chi connectivity index (χ0n) is 7.66. The van der Waals surface area contributed by atoms with Gasteiger partial charge in [0.15, 0.2) is 11.6 Å². The van der Waals surface area contributed by atoms with Gasteiger partial charge in [-0.05, 0) is 25.3 Å². The maximum absolute atomic E-state index is 13.2. The van der Waals surface area contributed by atoms with E-state index >= 15 is 0 Å². The van der Waals surface area contributed by atoms with Crippen LogP contribution in [0.2, 0.25) is 0 Å². The summed E-state index contributed by atoms with van der Waals surface area (Å²) in [6.07, 6.45) is 4.67. The SMILES string of the molecule is NC1(C(=O)c2ccncc2F)CCC1. The van der Waals surface area contributed by atoms with Gasteiger partial charge in [-0.3, -0.25) is 9.78 Å². The fraction of sp³-hybridized carbons (Fsp3) is 0.400. The van der Waals surface area contributed by atoms with Gasteiger partial charge in [0.25, 0.3) is 0 Å². The topological polar surface area (TPSA) is 56.0 Å². The largest absolute Gasteiger partial charge is 0.319 e. The second-order valence-corrected chi connectivity index (χ2v) is 3.69. The smallest absolute Gasteiger partial charge is 0.185 e. The molecule has 1 aromatic rings. The van der Waals surface area contributed by atoms with Crippen LogP contribution in [0.4, 0.5) is 4.39 Å². The second-order valence-electron chi connectivity index (χ2n) is 3.69. The molecular weight excluding hydrogens is 183 g/mol. The van der Waals surface area contributed by atoms with E-state index in [9.17, 15) is 9.18 Å². The van der Waals surface area contributed by atoms with Gasteiger partial charge in [-0.1, -0.05) is 0 Å². The Hall–Kier alpha value is -1.29. The van der Waals surface area contributed by atoms with Crippen LogP contribution >= 0.6 is 0 Å². The molecule has 0 radical (unpaired) electrons. The van der Waals surface area contributed by atoms with Crippen molar-refractivity contribution in [3.63, 3.8) is 0 Å². The normalized spacial score (nSPS) is 18.7. The molecule has 1 heterocycles. The molecule has 74 valence electrons.